The van der Waals surface area contributed by atoms with Crippen molar-refractivity contribution in [2.75, 3.05) is 13.2 Å². The van der Waals surface area contributed by atoms with Crippen molar-refractivity contribution in [3.63, 3.8) is 0 Å². The summed E-state index contributed by atoms with van der Waals surface area (Å²) in [6, 6.07) is 0. The van der Waals surface area contributed by atoms with E-state index in [1.165, 1.54) is 25.7 Å². The third-order valence-electron chi connectivity index (χ3n) is 4.49. The summed E-state index contributed by atoms with van der Waals surface area (Å²) in [5, 5.41) is 9.74. The molecular weight excluding hydrogens is 344 g/mol. The van der Waals surface area contributed by atoms with Crippen molar-refractivity contribution in [3.8, 4) is 0 Å². The molecule has 160 valence electrons. The zero-order valence-corrected chi connectivity index (χ0v) is 18.0. The molecule has 0 aliphatic rings. The average molecular weight is 387 g/mol. The minimum atomic E-state index is -1.43. The van der Waals surface area contributed by atoms with Gasteiger partial charge in [-0.2, -0.15) is 0 Å². The highest BCUT2D eigenvalue weighted by molar-refractivity contribution is 5.81. The molecule has 0 heterocycles. The summed E-state index contributed by atoms with van der Waals surface area (Å²) in [6.07, 6.45) is 9.00. The summed E-state index contributed by atoms with van der Waals surface area (Å²) in [5.41, 5.74) is 0. The van der Waals surface area contributed by atoms with E-state index in [0.29, 0.717) is 13.2 Å². The molecule has 0 spiro atoms. The minimum absolute atomic E-state index is 0.295. The van der Waals surface area contributed by atoms with Crippen LogP contribution in [0.3, 0.4) is 0 Å². The summed E-state index contributed by atoms with van der Waals surface area (Å²) >= 11 is 0. The van der Waals surface area contributed by atoms with Crippen molar-refractivity contribution in [1.29, 1.82) is 0 Å². The van der Waals surface area contributed by atoms with Gasteiger partial charge in [0.25, 0.3) is 0 Å². The number of hydrogen-bond acceptors (Lipinski definition) is 5. The predicted octanol–water partition coefficient (Wildman–Crippen LogP) is 5.04. The number of hydrogen-bond donors (Lipinski definition) is 1. The van der Waals surface area contributed by atoms with E-state index >= 15 is 0 Å². The molecule has 27 heavy (non-hydrogen) atoms. The maximum Gasteiger partial charge on any atom is 0.335 e. The SMILES string of the molecule is CC(C)CCCCCCOC(=O)CC(O)C(=O)OCCCCCCC(C)C. The van der Waals surface area contributed by atoms with E-state index in [9.17, 15) is 14.7 Å². The van der Waals surface area contributed by atoms with E-state index in [0.717, 1.165) is 50.4 Å². The van der Waals surface area contributed by atoms with Crippen LogP contribution >= 0.6 is 0 Å². The van der Waals surface area contributed by atoms with Gasteiger partial charge in [-0.15, -0.1) is 0 Å². The summed E-state index contributed by atoms with van der Waals surface area (Å²) in [4.78, 5) is 23.3. The standard InChI is InChI=1S/C22H42O5/c1-18(2)13-9-5-7-11-15-26-21(24)17-20(23)22(25)27-16-12-8-6-10-14-19(3)4/h18-20,23H,5-17H2,1-4H3. The summed E-state index contributed by atoms with van der Waals surface area (Å²) in [7, 11) is 0. The first-order chi connectivity index (χ1) is 12.8. The fourth-order valence-corrected chi connectivity index (χ4v) is 2.77. The highest BCUT2D eigenvalue weighted by Crippen LogP contribution is 2.11. The molecule has 5 heteroatoms. The number of rotatable bonds is 17. The lowest BCUT2D eigenvalue weighted by atomic mass is 10.0. The number of aliphatic hydroxyl groups is 1. The Morgan fingerprint density at radius 1 is 0.704 bits per heavy atom. The lowest BCUT2D eigenvalue weighted by molar-refractivity contribution is -0.160. The monoisotopic (exact) mass is 386 g/mol. The summed E-state index contributed by atoms with van der Waals surface area (Å²) < 4.78 is 10.1. The topological polar surface area (TPSA) is 72.8 Å². The Morgan fingerprint density at radius 2 is 1.15 bits per heavy atom. The Balaban J connectivity index is 3.58. The quantitative estimate of drug-likeness (QED) is 0.280. The van der Waals surface area contributed by atoms with E-state index in [1.54, 1.807) is 0 Å². The maximum absolute atomic E-state index is 11.7. The van der Waals surface area contributed by atoms with Gasteiger partial charge in [-0.3, -0.25) is 4.79 Å². The fraction of sp³-hybridized carbons (Fsp3) is 0.909. The van der Waals surface area contributed by atoms with Crippen molar-refractivity contribution in [2.24, 2.45) is 11.8 Å². The number of aliphatic hydroxyl groups excluding tert-OH is 1. The molecule has 0 amide bonds. The van der Waals surface area contributed by atoms with E-state index < -0.39 is 18.0 Å². The molecule has 0 saturated heterocycles. The van der Waals surface area contributed by atoms with Crippen LogP contribution < -0.4 is 0 Å². The Bertz CT molecular complexity index is 379. The normalized spacial score (nSPS) is 12.4. The average Bonchev–Trinajstić information content (AvgIpc) is 2.59. The summed E-state index contributed by atoms with van der Waals surface area (Å²) in [5.74, 6) is 0.176. The highest BCUT2D eigenvalue weighted by atomic mass is 16.6. The largest absolute Gasteiger partial charge is 0.466 e. The number of carbonyl (C=O) groups excluding carboxylic acids is 2. The number of esters is 2. The molecule has 1 unspecified atom stereocenters. The second kappa shape index (κ2) is 17.0. The molecule has 0 aromatic heterocycles. The van der Waals surface area contributed by atoms with Crippen LogP contribution in [0.1, 0.15) is 98.3 Å². The highest BCUT2D eigenvalue weighted by Gasteiger charge is 2.21. The second-order valence-electron chi connectivity index (χ2n) is 8.30. The predicted molar refractivity (Wildman–Crippen MR) is 108 cm³/mol. The van der Waals surface area contributed by atoms with Gasteiger partial charge in [0.05, 0.1) is 19.6 Å². The van der Waals surface area contributed by atoms with Gasteiger partial charge in [0.15, 0.2) is 6.10 Å². The first kappa shape index (κ1) is 25.9. The van der Waals surface area contributed by atoms with Crippen molar-refractivity contribution in [2.45, 2.75) is 104 Å². The van der Waals surface area contributed by atoms with E-state index in [4.69, 9.17) is 9.47 Å². The number of unbranched alkanes of at least 4 members (excludes halogenated alkanes) is 6. The van der Waals surface area contributed by atoms with Crippen LogP contribution in [0.2, 0.25) is 0 Å². The van der Waals surface area contributed by atoms with Crippen LogP contribution in [0.15, 0.2) is 0 Å². The lowest BCUT2D eigenvalue weighted by Crippen LogP contribution is -2.27. The van der Waals surface area contributed by atoms with Crippen LogP contribution in [-0.4, -0.2) is 36.4 Å². The molecule has 0 rings (SSSR count). The van der Waals surface area contributed by atoms with Gasteiger partial charge in [-0.1, -0.05) is 79.1 Å². The van der Waals surface area contributed by atoms with E-state index in [-0.39, 0.29) is 6.42 Å². The molecule has 5 nitrogen and oxygen atoms in total. The maximum atomic E-state index is 11.7. The third kappa shape index (κ3) is 18.0. The zero-order valence-electron chi connectivity index (χ0n) is 18.0. The third-order valence-corrected chi connectivity index (χ3v) is 4.49. The van der Waals surface area contributed by atoms with Crippen molar-refractivity contribution < 1.29 is 24.2 Å². The van der Waals surface area contributed by atoms with Gasteiger partial charge in [0, 0.05) is 0 Å². The lowest BCUT2D eigenvalue weighted by Gasteiger charge is -2.11. The van der Waals surface area contributed by atoms with Gasteiger partial charge in [0.1, 0.15) is 0 Å². The number of carbonyl (C=O) groups is 2. The first-order valence-electron chi connectivity index (χ1n) is 10.8. The first-order valence-corrected chi connectivity index (χ1v) is 10.8. The minimum Gasteiger partial charge on any atom is -0.466 e. The van der Waals surface area contributed by atoms with Crippen molar-refractivity contribution in [1.82, 2.24) is 0 Å². The fourth-order valence-electron chi connectivity index (χ4n) is 2.77. The molecule has 0 aromatic rings. The smallest absolute Gasteiger partial charge is 0.335 e. The molecular formula is C22H42O5. The molecule has 0 fully saturated rings. The molecule has 0 saturated carbocycles. The molecule has 0 aliphatic carbocycles. The molecule has 0 aliphatic heterocycles. The van der Waals surface area contributed by atoms with Crippen molar-refractivity contribution >= 4 is 11.9 Å². The second-order valence-corrected chi connectivity index (χ2v) is 8.30. The van der Waals surface area contributed by atoms with Crippen LogP contribution in [-0.2, 0) is 19.1 Å². The Hall–Kier alpha value is -1.10. The van der Waals surface area contributed by atoms with Crippen LogP contribution in [0, 0.1) is 11.8 Å². The number of ether oxygens (including phenoxy) is 2. The van der Waals surface area contributed by atoms with Crippen LogP contribution in [0.25, 0.3) is 0 Å². The Labute approximate surface area is 166 Å². The van der Waals surface area contributed by atoms with Crippen LogP contribution in [0.4, 0.5) is 0 Å². The molecule has 0 radical (unpaired) electrons. The van der Waals surface area contributed by atoms with Gasteiger partial charge in [0.2, 0.25) is 0 Å². The van der Waals surface area contributed by atoms with Crippen LogP contribution in [0.5, 0.6) is 0 Å². The van der Waals surface area contributed by atoms with Gasteiger partial charge in [-0.25, -0.2) is 4.79 Å². The Morgan fingerprint density at radius 3 is 1.63 bits per heavy atom. The van der Waals surface area contributed by atoms with Gasteiger partial charge in [-0.05, 0) is 24.7 Å². The van der Waals surface area contributed by atoms with Gasteiger partial charge < -0.3 is 14.6 Å². The zero-order chi connectivity index (χ0) is 20.5. The van der Waals surface area contributed by atoms with Gasteiger partial charge >= 0.3 is 11.9 Å². The Kier molecular flexibility index (Phi) is 16.3. The molecule has 0 aromatic carbocycles. The van der Waals surface area contributed by atoms with E-state index in [2.05, 4.69) is 27.7 Å². The molecule has 1 atom stereocenters. The van der Waals surface area contributed by atoms with Crippen molar-refractivity contribution in [3.05, 3.63) is 0 Å². The summed E-state index contributed by atoms with van der Waals surface area (Å²) in [6.45, 7) is 9.49. The van der Waals surface area contributed by atoms with E-state index in [1.807, 2.05) is 0 Å². The molecule has 1 N–H and O–H groups in total. The molecule has 0 bridgehead atoms.